The van der Waals surface area contributed by atoms with Crippen molar-refractivity contribution in [2.45, 2.75) is 31.8 Å². The van der Waals surface area contributed by atoms with Crippen molar-refractivity contribution in [2.24, 2.45) is 5.16 Å². The minimum absolute atomic E-state index is 0.386. The van der Waals surface area contributed by atoms with Crippen molar-refractivity contribution in [1.82, 2.24) is 10.2 Å². The number of fused-ring (bicyclic) bond motifs is 2. The fourth-order valence-corrected chi connectivity index (χ4v) is 3.75. The van der Waals surface area contributed by atoms with Crippen LogP contribution in [0.25, 0.3) is 11.5 Å². The summed E-state index contributed by atoms with van der Waals surface area (Å²) < 4.78 is 11.2. The maximum atomic E-state index is 5.97. The summed E-state index contributed by atoms with van der Waals surface area (Å²) >= 11 is 0. The van der Waals surface area contributed by atoms with Crippen molar-refractivity contribution in [3.05, 3.63) is 65.5 Å². The van der Waals surface area contributed by atoms with Gasteiger partial charge in [0, 0.05) is 11.1 Å². The van der Waals surface area contributed by atoms with E-state index in [0.29, 0.717) is 24.0 Å². The predicted octanol–water partition coefficient (Wildman–Crippen LogP) is 4.00. The summed E-state index contributed by atoms with van der Waals surface area (Å²) in [6.45, 7) is 2.11. The van der Waals surface area contributed by atoms with Gasteiger partial charge in [0.1, 0.15) is 5.75 Å². The third-order valence-electron chi connectivity index (χ3n) is 4.99. The van der Waals surface area contributed by atoms with E-state index in [0.717, 1.165) is 18.4 Å². The fraction of sp³-hybridized carbons (Fsp3) is 0.250. The quantitative estimate of drug-likeness (QED) is 0.701. The lowest BCUT2D eigenvalue weighted by Gasteiger charge is -2.21. The van der Waals surface area contributed by atoms with E-state index in [2.05, 4.69) is 40.5 Å². The van der Waals surface area contributed by atoms with E-state index in [1.165, 1.54) is 23.1 Å². The molecule has 2 aromatic carbocycles. The average molecular weight is 347 g/mol. The Morgan fingerprint density at radius 1 is 1.15 bits per heavy atom. The molecule has 1 aromatic heterocycles. The van der Waals surface area contributed by atoms with Crippen LogP contribution in [-0.4, -0.2) is 16.1 Å². The van der Waals surface area contributed by atoms with Crippen molar-refractivity contribution in [1.29, 1.82) is 0 Å². The molecule has 3 aromatic rings. The molecule has 6 nitrogen and oxygen atoms in total. The Balaban J connectivity index is 1.36. The second-order valence-corrected chi connectivity index (χ2v) is 6.78. The standard InChI is InChI=1S/C20H17N3O3/c1-13-5-6-17-14(9-13)7-8-20(17)11-18(23-26-20)25-16-4-2-3-15(10-16)19-22-21-12-24-19/h2-6,9-10,12H,7-8,11H2,1H3/t20-/m0/s1. The minimum Gasteiger partial charge on any atom is -0.440 e. The molecule has 2 heterocycles. The van der Waals surface area contributed by atoms with E-state index in [1.807, 2.05) is 24.3 Å². The van der Waals surface area contributed by atoms with Gasteiger partial charge >= 0.3 is 0 Å². The van der Waals surface area contributed by atoms with Crippen molar-refractivity contribution in [2.75, 3.05) is 0 Å². The molecular weight excluding hydrogens is 330 g/mol. The molecule has 0 saturated carbocycles. The van der Waals surface area contributed by atoms with Gasteiger partial charge in [0.2, 0.25) is 18.2 Å². The SMILES string of the molecule is Cc1ccc2c(c1)CC[C@]21CC(Oc2cccc(-c3nnco3)c2)=NO1. The first kappa shape index (κ1) is 15.1. The number of aromatic nitrogens is 2. The van der Waals surface area contributed by atoms with Crippen molar-refractivity contribution < 1.29 is 14.0 Å². The van der Waals surface area contributed by atoms with Crippen LogP contribution in [0.3, 0.4) is 0 Å². The highest BCUT2D eigenvalue weighted by molar-refractivity contribution is 5.81. The van der Waals surface area contributed by atoms with Gasteiger partial charge < -0.3 is 14.0 Å². The third kappa shape index (κ3) is 2.45. The van der Waals surface area contributed by atoms with Gasteiger partial charge in [-0.15, -0.1) is 10.2 Å². The van der Waals surface area contributed by atoms with Crippen LogP contribution in [0.1, 0.15) is 29.5 Å². The highest BCUT2D eigenvalue weighted by Crippen LogP contribution is 2.46. The predicted molar refractivity (Wildman–Crippen MR) is 94.7 cm³/mol. The molecule has 0 bridgehead atoms. The molecule has 1 aliphatic heterocycles. The number of oxime groups is 1. The Morgan fingerprint density at radius 3 is 3.00 bits per heavy atom. The molecule has 0 fully saturated rings. The topological polar surface area (TPSA) is 69.7 Å². The van der Waals surface area contributed by atoms with Crippen LogP contribution in [0.4, 0.5) is 0 Å². The number of hydrogen-bond acceptors (Lipinski definition) is 6. The molecule has 0 saturated heterocycles. The first-order valence-electron chi connectivity index (χ1n) is 8.61. The highest BCUT2D eigenvalue weighted by atomic mass is 16.7. The molecule has 1 spiro atoms. The Bertz CT molecular complexity index is 997. The fourth-order valence-electron chi connectivity index (χ4n) is 3.75. The lowest BCUT2D eigenvalue weighted by atomic mass is 9.92. The molecule has 0 radical (unpaired) electrons. The average Bonchev–Trinajstić information content (AvgIpc) is 3.38. The van der Waals surface area contributed by atoms with Gasteiger partial charge in [0.25, 0.3) is 0 Å². The Kier molecular flexibility index (Phi) is 3.31. The summed E-state index contributed by atoms with van der Waals surface area (Å²) in [5.41, 5.74) is 4.26. The first-order chi connectivity index (χ1) is 12.7. The largest absolute Gasteiger partial charge is 0.440 e. The van der Waals surface area contributed by atoms with Gasteiger partial charge in [-0.25, -0.2) is 0 Å². The first-order valence-corrected chi connectivity index (χ1v) is 8.61. The van der Waals surface area contributed by atoms with E-state index < -0.39 is 0 Å². The Hall–Kier alpha value is -3.15. The van der Waals surface area contributed by atoms with E-state index in [-0.39, 0.29) is 5.60 Å². The summed E-state index contributed by atoms with van der Waals surface area (Å²) in [6.07, 6.45) is 3.87. The number of hydrogen-bond donors (Lipinski definition) is 0. The van der Waals surface area contributed by atoms with Gasteiger partial charge in [-0.2, -0.15) is 0 Å². The van der Waals surface area contributed by atoms with Gasteiger partial charge in [-0.05, 0) is 43.5 Å². The summed E-state index contributed by atoms with van der Waals surface area (Å²) in [5.74, 6) is 1.71. The smallest absolute Gasteiger partial charge is 0.247 e. The number of rotatable bonds is 2. The zero-order valence-corrected chi connectivity index (χ0v) is 14.3. The summed E-state index contributed by atoms with van der Waals surface area (Å²) in [4.78, 5) is 5.88. The van der Waals surface area contributed by atoms with Crippen molar-refractivity contribution >= 4 is 5.90 Å². The maximum absolute atomic E-state index is 5.97. The minimum atomic E-state index is -0.386. The molecule has 26 heavy (non-hydrogen) atoms. The molecule has 5 rings (SSSR count). The van der Waals surface area contributed by atoms with Crippen LogP contribution in [-0.2, 0) is 16.9 Å². The molecule has 1 aliphatic carbocycles. The molecule has 2 aliphatic rings. The second kappa shape index (κ2) is 5.69. The van der Waals surface area contributed by atoms with Gasteiger partial charge in [-0.1, -0.05) is 35.0 Å². The van der Waals surface area contributed by atoms with Crippen LogP contribution < -0.4 is 4.74 Å². The zero-order valence-electron chi connectivity index (χ0n) is 14.3. The third-order valence-corrected chi connectivity index (χ3v) is 4.99. The van der Waals surface area contributed by atoms with Crippen molar-refractivity contribution in [3.8, 4) is 17.2 Å². The lowest BCUT2D eigenvalue weighted by Crippen LogP contribution is -2.24. The van der Waals surface area contributed by atoms with Crippen LogP contribution in [0, 0.1) is 6.92 Å². The second-order valence-electron chi connectivity index (χ2n) is 6.78. The Labute approximate surface area is 150 Å². The molecule has 0 amide bonds. The number of nitrogens with zero attached hydrogens (tertiary/aromatic N) is 3. The molecule has 0 unspecified atom stereocenters. The lowest BCUT2D eigenvalue weighted by molar-refractivity contribution is -0.0215. The van der Waals surface area contributed by atoms with Gasteiger partial charge in [0.05, 0.1) is 6.42 Å². The molecule has 0 N–H and O–H groups in total. The number of aryl methyl sites for hydroxylation is 2. The van der Waals surface area contributed by atoms with E-state index >= 15 is 0 Å². The number of benzene rings is 2. The van der Waals surface area contributed by atoms with E-state index in [1.54, 1.807) is 0 Å². The van der Waals surface area contributed by atoms with Crippen LogP contribution >= 0.6 is 0 Å². The van der Waals surface area contributed by atoms with Crippen LogP contribution in [0.5, 0.6) is 5.75 Å². The van der Waals surface area contributed by atoms with Crippen molar-refractivity contribution in [3.63, 3.8) is 0 Å². The monoisotopic (exact) mass is 347 g/mol. The number of ether oxygens (including phenoxy) is 1. The molecule has 130 valence electrons. The van der Waals surface area contributed by atoms with E-state index in [4.69, 9.17) is 14.0 Å². The summed E-state index contributed by atoms with van der Waals surface area (Å²) in [5, 5.41) is 11.9. The highest BCUT2D eigenvalue weighted by Gasteiger charge is 2.46. The maximum Gasteiger partial charge on any atom is 0.247 e. The van der Waals surface area contributed by atoms with Gasteiger partial charge in [0.15, 0.2) is 5.60 Å². The van der Waals surface area contributed by atoms with Crippen LogP contribution in [0.15, 0.2) is 58.4 Å². The summed E-state index contributed by atoms with van der Waals surface area (Å²) in [7, 11) is 0. The van der Waals surface area contributed by atoms with Crippen LogP contribution in [0.2, 0.25) is 0 Å². The molecule has 1 atom stereocenters. The molecule has 6 heteroatoms. The van der Waals surface area contributed by atoms with E-state index in [9.17, 15) is 0 Å². The normalized spacial score (nSPS) is 20.7. The van der Waals surface area contributed by atoms with Gasteiger partial charge in [-0.3, -0.25) is 0 Å². The molecular formula is C20H17N3O3. The Morgan fingerprint density at radius 2 is 2.12 bits per heavy atom. The summed E-state index contributed by atoms with van der Waals surface area (Å²) in [6, 6.07) is 14.0. The zero-order chi connectivity index (χ0) is 17.6.